The van der Waals surface area contributed by atoms with Crippen molar-refractivity contribution < 1.29 is 9.47 Å². The van der Waals surface area contributed by atoms with Gasteiger partial charge in [-0.25, -0.2) is 0 Å². The van der Waals surface area contributed by atoms with Gasteiger partial charge in [-0.05, 0) is 146 Å². The van der Waals surface area contributed by atoms with Gasteiger partial charge in [-0.3, -0.25) is 0 Å². The summed E-state index contributed by atoms with van der Waals surface area (Å²) in [6.45, 7) is 0. The Morgan fingerprint density at radius 1 is 0.212 bits per heavy atom. The van der Waals surface area contributed by atoms with Crippen molar-refractivity contribution in [2.24, 2.45) is 0 Å². The first-order valence-corrected chi connectivity index (χ1v) is 27.8. The molecule has 2 heterocycles. The van der Waals surface area contributed by atoms with E-state index in [2.05, 4.69) is 279 Å². The molecule has 2 nitrogen and oxygen atoms in total. The van der Waals surface area contributed by atoms with E-state index in [4.69, 9.17) is 9.47 Å². The number of benzene rings is 14. The van der Waals surface area contributed by atoms with Gasteiger partial charge < -0.3 is 9.47 Å². The summed E-state index contributed by atoms with van der Waals surface area (Å²) in [5.74, 6) is 3.50. The summed E-state index contributed by atoms with van der Waals surface area (Å²) in [7, 11) is 0. The van der Waals surface area contributed by atoms with Crippen molar-refractivity contribution >= 4 is 43.1 Å². The van der Waals surface area contributed by atoms with Crippen LogP contribution < -0.4 is 9.47 Å². The summed E-state index contributed by atoms with van der Waals surface area (Å²) >= 11 is 0. The molecule has 0 fully saturated rings. The van der Waals surface area contributed by atoms with Gasteiger partial charge in [-0.2, -0.15) is 0 Å². The van der Waals surface area contributed by atoms with Crippen molar-refractivity contribution in [2.45, 2.75) is 10.8 Å². The molecule has 0 amide bonds. The zero-order valence-electron chi connectivity index (χ0n) is 43.4. The SMILES string of the molecule is c1ccc2c(c1)Oc1c(-c3cccc4c(-c5ccc6cc7ccccc7cc6c5)c5cccc(-c6cccc7c6Oc6ccccc6C76c7ccccc7-c7ccccc76)c5cc34)cccc1C21c2ccccc2-c2ccccc21. The molecule has 0 N–H and O–H groups in total. The normalized spacial score (nSPS) is 14.2. The Morgan fingerprint density at radius 3 is 1.04 bits per heavy atom. The smallest absolute Gasteiger partial charge is 0.140 e. The van der Waals surface area contributed by atoms with E-state index in [0.29, 0.717) is 0 Å². The van der Waals surface area contributed by atoms with Crippen LogP contribution in [-0.4, -0.2) is 0 Å². The van der Waals surface area contributed by atoms with Crippen LogP contribution in [0.2, 0.25) is 0 Å². The monoisotopic (exact) mass is 1010 g/mol. The number of ether oxygens (including phenoxy) is 2. The minimum absolute atomic E-state index is 0.596. The number of para-hydroxylation sites is 4. The van der Waals surface area contributed by atoms with E-state index in [-0.39, 0.29) is 0 Å². The van der Waals surface area contributed by atoms with Crippen LogP contribution in [0.25, 0.3) is 98.7 Å². The predicted molar refractivity (Wildman–Crippen MR) is 328 cm³/mol. The maximum absolute atomic E-state index is 7.38. The molecule has 370 valence electrons. The maximum Gasteiger partial charge on any atom is 0.140 e. The molecule has 0 saturated carbocycles. The first-order chi connectivity index (χ1) is 39.7. The average molecular weight is 1020 g/mol. The van der Waals surface area contributed by atoms with Gasteiger partial charge in [-0.1, -0.05) is 243 Å². The minimum Gasteiger partial charge on any atom is -0.456 e. The molecule has 14 aromatic rings. The Balaban J connectivity index is 0.933. The number of fused-ring (bicyclic) bond motifs is 22. The lowest BCUT2D eigenvalue weighted by atomic mass is 9.65. The van der Waals surface area contributed by atoms with Crippen LogP contribution in [0.5, 0.6) is 23.0 Å². The lowest BCUT2D eigenvalue weighted by molar-refractivity contribution is 0.438. The molecule has 80 heavy (non-hydrogen) atoms. The second kappa shape index (κ2) is 16.1. The van der Waals surface area contributed by atoms with Gasteiger partial charge in [0.15, 0.2) is 0 Å². The predicted octanol–water partition coefficient (Wildman–Crippen LogP) is 20.2. The molecule has 0 bridgehead atoms. The molecular weight excluding hydrogens is 969 g/mol. The van der Waals surface area contributed by atoms with Crippen molar-refractivity contribution in [3.05, 3.63) is 324 Å². The Hall–Kier alpha value is -10.3. The Labute approximate surface area is 463 Å². The van der Waals surface area contributed by atoms with E-state index < -0.39 is 10.8 Å². The van der Waals surface area contributed by atoms with Gasteiger partial charge in [0.1, 0.15) is 23.0 Å². The van der Waals surface area contributed by atoms with Crippen LogP contribution in [0.1, 0.15) is 44.5 Å². The van der Waals surface area contributed by atoms with Gasteiger partial charge in [0.25, 0.3) is 0 Å². The van der Waals surface area contributed by atoms with Gasteiger partial charge >= 0.3 is 0 Å². The first kappa shape index (κ1) is 43.8. The second-order valence-corrected chi connectivity index (χ2v) is 22.1. The third-order valence-electron chi connectivity index (χ3n) is 18.4. The summed E-state index contributed by atoms with van der Waals surface area (Å²) in [4.78, 5) is 0. The highest BCUT2D eigenvalue weighted by molar-refractivity contribution is 6.20. The van der Waals surface area contributed by atoms with E-state index in [1.807, 2.05) is 0 Å². The minimum atomic E-state index is -0.596. The summed E-state index contributed by atoms with van der Waals surface area (Å²) in [5, 5.41) is 9.52. The topological polar surface area (TPSA) is 18.5 Å². The van der Waals surface area contributed by atoms with E-state index in [0.717, 1.165) is 83.8 Å². The largest absolute Gasteiger partial charge is 0.456 e. The molecule has 0 aromatic heterocycles. The Kier molecular flexibility index (Phi) is 8.83. The highest BCUT2D eigenvalue weighted by atomic mass is 16.5. The standard InChI is InChI=1S/C78H46O2/c1-2-20-48-44-51-45-50(42-41-49(51)43-47(48)19-1)74-58-27-15-25-52(60-29-17-37-70-75(60)79-72-39-13-11-35-68(72)77(70)64-31-7-3-21-54(64)55-22-4-8-32-65(55)77)62(58)46-63-53(26-16-28-59(63)74)61-30-18-38-71-76(61)80-73-40-14-12-36-69(73)78(71)66-33-9-5-23-56(66)57-24-6-10-34-67(57)78/h1-46H. The van der Waals surface area contributed by atoms with E-state index in [1.165, 1.54) is 82.4 Å². The fourth-order valence-electron chi connectivity index (χ4n) is 15.2. The van der Waals surface area contributed by atoms with Gasteiger partial charge in [0, 0.05) is 33.4 Å². The zero-order chi connectivity index (χ0) is 52.3. The summed E-state index contributed by atoms with van der Waals surface area (Å²) in [6, 6.07) is 104. The Bertz CT molecular complexity index is 4690. The summed E-state index contributed by atoms with van der Waals surface area (Å²) in [6.07, 6.45) is 0. The van der Waals surface area contributed by atoms with Crippen LogP contribution >= 0.6 is 0 Å². The second-order valence-electron chi connectivity index (χ2n) is 22.1. The quantitative estimate of drug-likeness (QED) is 0.164. The maximum atomic E-state index is 7.38. The summed E-state index contributed by atoms with van der Waals surface area (Å²) in [5.41, 5.74) is 20.2. The highest BCUT2D eigenvalue weighted by Gasteiger charge is 2.53. The third kappa shape index (κ3) is 5.61. The van der Waals surface area contributed by atoms with Crippen LogP contribution in [-0.2, 0) is 10.8 Å². The molecule has 14 aromatic carbocycles. The molecule has 0 unspecified atom stereocenters. The Morgan fingerprint density at radius 2 is 0.562 bits per heavy atom. The van der Waals surface area contributed by atoms with Gasteiger partial charge in [0.05, 0.1) is 10.8 Å². The van der Waals surface area contributed by atoms with Crippen molar-refractivity contribution in [2.75, 3.05) is 0 Å². The first-order valence-electron chi connectivity index (χ1n) is 27.8. The van der Waals surface area contributed by atoms with Crippen LogP contribution in [0.3, 0.4) is 0 Å². The molecular formula is C78H46O2. The van der Waals surface area contributed by atoms with Crippen molar-refractivity contribution in [1.29, 1.82) is 0 Å². The molecule has 18 rings (SSSR count). The van der Waals surface area contributed by atoms with Crippen molar-refractivity contribution in [3.63, 3.8) is 0 Å². The fourth-order valence-corrected chi connectivity index (χ4v) is 15.2. The number of rotatable bonds is 3. The lowest BCUT2D eigenvalue weighted by Gasteiger charge is -2.40. The fraction of sp³-hybridized carbons (Fsp3) is 0.0256. The number of hydrogen-bond acceptors (Lipinski definition) is 2. The van der Waals surface area contributed by atoms with E-state index in [9.17, 15) is 0 Å². The van der Waals surface area contributed by atoms with Crippen LogP contribution in [0.4, 0.5) is 0 Å². The molecule has 4 aliphatic rings. The lowest BCUT2D eigenvalue weighted by Crippen LogP contribution is -2.32. The van der Waals surface area contributed by atoms with Crippen LogP contribution in [0.15, 0.2) is 279 Å². The van der Waals surface area contributed by atoms with Crippen molar-refractivity contribution in [3.8, 4) is 78.6 Å². The summed E-state index contributed by atoms with van der Waals surface area (Å²) < 4.78 is 14.8. The highest BCUT2D eigenvalue weighted by Crippen LogP contribution is 2.65. The molecule has 2 heteroatoms. The third-order valence-corrected chi connectivity index (χ3v) is 18.4. The zero-order valence-corrected chi connectivity index (χ0v) is 43.4. The molecule has 0 radical (unpaired) electrons. The van der Waals surface area contributed by atoms with Gasteiger partial charge in [0.2, 0.25) is 0 Å². The van der Waals surface area contributed by atoms with Crippen LogP contribution in [0, 0.1) is 0 Å². The molecule has 2 aliphatic heterocycles. The molecule has 0 saturated heterocycles. The molecule has 2 aliphatic carbocycles. The van der Waals surface area contributed by atoms with E-state index in [1.54, 1.807) is 0 Å². The average Bonchev–Trinajstić information content (AvgIpc) is 4.06. The van der Waals surface area contributed by atoms with Gasteiger partial charge in [-0.15, -0.1) is 0 Å². The van der Waals surface area contributed by atoms with E-state index >= 15 is 0 Å². The molecule has 0 atom stereocenters. The van der Waals surface area contributed by atoms with Crippen molar-refractivity contribution in [1.82, 2.24) is 0 Å². The molecule has 2 spiro atoms. The number of hydrogen-bond donors (Lipinski definition) is 0.